The topological polar surface area (TPSA) is 108 Å². The zero-order valence-electron chi connectivity index (χ0n) is 59.1. The van der Waals surface area contributed by atoms with Crippen molar-refractivity contribution in [1.82, 2.24) is 0 Å². The summed E-state index contributed by atoms with van der Waals surface area (Å²) in [7, 11) is 5.99. The number of unbranched alkanes of at least 4 members (excludes halogenated alkanes) is 41. The smallest absolute Gasteiger partial charge is 0.361 e. The summed E-state index contributed by atoms with van der Waals surface area (Å²) >= 11 is 0. The average Bonchev–Trinajstić information content (AvgIpc) is 3.64. The summed E-state index contributed by atoms with van der Waals surface area (Å²) in [5.74, 6) is -1.99. The molecule has 0 bridgehead atoms. The second-order valence-electron chi connectivity index (χ2n) is 26.6. The Morgan fingerprint density at radius 3 is 0.966 bits per heavy atom. The van der Waals surface area contributed by atoms with E-state index >= 15 is 0 Å². The van der Waals surface area contributed by atoms with Gasteiger partial charge >= 0.3 is 17.9 Å². The van der Waals surface area contributed by atoms with Crippen LogP contribution in [0.15, 0.2) is 85.1 Å². The summed E-state index contributed by atoms with van der Waals surface area (Å²) in [5.41, 5.74) is 0. The van der Waals surface area contributed by atoms with Crippen LogP contribution in [0.1, 0.15) is 348 Å². The Hall–Kier alpha value is -3.53. The summed E-state index contributed by atoms with van der Waals surface area (Å²) in [4.78, 5) is 37.7. The molecular formula is C80H144NO8+. The number of likely N-dealkylation sites (N-methyl/N-ethyl adjacent to an activating group) is 1. The van der Waals surface area contributed by atoms with Crippen LogP contribution in [0.3, 0.4) is 0 Å². The Bertz CT molecular complexity index is 1740. The zero-order valence-corrected chi connectivity index (χ0v) is 59.1. The van der Waals surface area contributed by atoms with E-state index in [2.05, 4.69) is 98.9 Å². The normalized spacial score (nSPS) is 13.1. The number of rotatable bonds is 70. The van der Waals surface area contributed by atoms with Gasteiger partial charge in [0.25, 0.3) is 6.29 Å². The van der Waals surface area contributed by atoms with Gasteiger partial charge in [0.1, 0.15) is 13.2 Å². The lowest BCUT2D eigenvalue weighted by Gasteiger charge is -2.25. The molecule has 0 heterocycles. The molecule has 0 fully saturated rings. The zero-order chi connectivity index (χ0) is 64.7. The molecule has 89 heavy (non-hydrogen) atoms. The van der Waals surface area contributed by atoms with Gasteiger partial charge in [-0.05, 0) is 89.9 Å². The van der Waals surface area contributed by atoms with E-state index in [9.17, 15) is 19.5 Å². The van der Waals surface area contributed by atoms with Crippen molar-refractivity contribution >= 4 is 17.9 Å². The number of quaternary nitrogens is 1. The highest BCUT2D eigenvalue weighted by atomic mass is 16.7. The molecule has 9 nitrogen and oxygen atoms in total. The molecule has 0 aliphatic rings. The highest BCUT2D eigenvalue weighted by Gasteiger charge is 2.25. The van der Waals surface area contributed by atoms with E-state index in [1.165, 1.54) is 244 Å². The molecule has 0 aromatic carbocycles. The van der Waals surface area contributed by atoms with Crippen LogP contribution in [0.2, 0.25) is 0 Å². The highest BCUT2D eigenvalue weighted by Crippen LogP contribution is 2.18. The van der Waals surface area contributed by atoms with Crippen LogP contribution in [0.25, 0.3) is 0 Å². The Morgan fingerprint density at radius 2 is 0.640 bits per heavy atom. The number of carbonyl (C=O) groups excluding carboxylic acids is 2. The molecule has 9 heteroatoms. The Kier molecular flexibility index (Phi) is 67.6. The molecule has 0 rings (SSSR count). The fourth-order valence-electron chi connectivity index (χ4n) is 10.9. The molecule has 1 N–H and O–H groups in total. The number of carboxylic acid groups (broad SMARTS) is 1. The molecule has 0 aromatic heterocycles. The SMILES string of the molecule is CC/C=C\C/C=C\C/C=C\C/C=C\C/C=C\C/C=C\CCCCCCCCCCCCCCCCC(=O)OC(COC(=O)CCCCCCCCCCCCCCCCCCCCC/C=C\CCCCCCCCCC)COC(OCC[N+](C)(C)C)C(=O)O. The van der Waals surface area contributed by atoms with Gasteiger partial charge in [0.15, 0.2) is 6.10 Å². The van der Waals surface area contributed by atoms with Crippen molar-refractivity contribution in [2.24, 2.45) is 0 Å². The average molecular weight is 1250 g/mol. The quantitative estimate of drug-likeness (QED) is 0.0211. The largest absolute Gasteiger partial charge is 0.477 e. The maximum Gasteiger partial charge on any atom is 0.361 e. The van der Waals surface area contributed by atoms with E-state index in [1.54, 1.807) is 0 Å². The Labute approximate surface area is 550 Å². The number of ether oxygens (including phenoxy) is 4. The summed E-state index contributed by atoms with van der Waals surface area (Å²) in [5, 5.41) is 9.76. The van der Waals surface area contributed by atoms with E-state index in [0.29, 0.717) is 17.4 Å². The van der Waals surface area contributed by atoms with E-state index in [4.69, 9.17) is 18.9 Å². The molecule has 0 saturated carbocycles. The van der Waals surface area contributed by atoms with E-state index in [-0.39, 0.29) is 32.2 Å². The van der Waals surface area contributed by atoms with Gasteiger partial charge in [-0.2, -0.15) is 0 Å². The number of carbonyl (C=O) groups is 3. The van der Waals surface area contributed by atoms with Crippen molar-refractivity contribution in [3.05, 3.63) is 85.1 Å². The molecule has 0 aliphatic heterocycles. The van der Waals surface area contributed by atoms with E-state index < -0.39 is 24.3 Å². The van der Waals surface area contributed by atoms with Gasteiger partial charge in [-0.1, -0.05) is 330 Å². The molecular weight excluding hydrogens is 1100 g/mol. The van der Waals surface area contributed by atoms with Crippen molar-refractivity contribution in [3.8, 4) is 0 Å². The fourth-order valence-corrected chi connectivity index (χ4v) is 10.9. The minimum absolute atomic E-state index is 0.181. The van der Waals surface area contributed by atoms with Gasteiger partial charge < -0.3 is 28.5 Å². The second-order valence-corrected chi connectivity index (χ2v) is 26.6. The van der Waals surface area contributed by atoms with Crippen molar-refractivity contribution in [1.29, 1.82) is 0 Å². The first-order valence-electron chi connectivity index (χ1n) is 37.8. The van der Waals surface area contributed by atoms with Gasteiger partial charge in [0.2, 0.25) is 0 Å². The lowest BCUT2D eigenvalue weighted by atomic mass is 10.0. The molecule has 0 aliphatic carbocycles. The summed E-state index contributed by atoms with van der Waals surface area (Å²) in [6.45, 7) is 4.81. The van der Waals surface area contributed by atoms with Crippen LogP contribution < -0.4 is 0 Å². The van der Waals surface area contributed by atoms with E-state index in [0.717, 1.165) is 77.0 Å². The molecule has 0 radical (unpaired) electrons. The summed E-state index contributed by atoms with van der Waals surface area (Å²) in [6.07, 6.45) is 92.9. The van der Waals surface area contributed by atoms with Crippen molar-refractivity contribution in [3.63, 3.8) is 0 Å². The standard InChI is InChI=1S/C80H143NO8/c1-6-8-10-12-14-16-18-20-22-24-26-28-30-32-34-36-38-39-41-43-45-47-49-51-53-55-57-59-61-63-65-67-69-71-78(83)89-76(75-88-80(79(84)85)86-73-72-81(3,4)5)74-87-77(82)70-68-66-64-62-60-58-56-54-52-50-48-46-44-42-40-37-35-33-31-29-27-25-23-21-19-17-15-13-11-9-7-2/h8,10,14,16,20,22,25-28,32,34,38-39,76,80H,6-7,9,11-13,15,17-19,21,23-24,29-31,33,35-37,40-75H2,1-5H3/p+1/b10-8-,16-14-,22-20-,27-25-,28-26-,34-32-,39-38-. The van der Waals surface area contributed by atoms with Crippen LogP contribution in [-0.4, -0.2) is 87.4 Å². The highest BCUT2D eigenvalue weighted by molar-refractivity contribution is 5.71. The molecule has 0 saturated heterocycles. The van der Waals surface area contributed by atoms with Crippen LogP contribution >= 0.6 is 0 Å². The van der Waals surface area contributed by atoms with Crippen molar-refractivity contribution in [2.45, 2.75) is 360 Å². The third kappa shape index (κ3) is 71.8. The Morgan fingerprint density at radius 1 is 0.348 bits per heavy atom. The monoisotopic (exact) mass is 1250 g/mol. The number of esters is 2. The number of hydrogen-bond acceptors (Lipinski definition) is 7. The number of nitrogens with zero attached hydrogens (tertiary/aromatic N) is 1. The summed E-state index contributed by atoms with van der Waals surface area (Å²) < 4.78 is 23.0. The molecule has 2 unspecified atom stereocenters. The van der Waals surface area contributed by atoms with Crippen LogP contribution in [0, 0.1) is 0 Å². The predicted molar refractivity (Wildman–Crippen MR) is 382 cm³/mol. The molecule has 0 spiro atoms. The van der Waals surface area contributed by atoms with Gasteiger partial charge in [-0.15, -0.1) is 0 Å². The third-order valence-corrected chi connectivity index (χ3v) is 16.6. The first-order valence-corrected chi connectivity index (χ1v) is 37.8. The minimum Gasteiger partial charge on any atom is -0.477 e. The third-order valence-electron chi connectivity index (χ3n) is 16.6. The minimum atomic E-state index is -1.51. The van der Waals surface area contributed by atoms with Crippen LogP contribution in [0.5, 0.6) is 0 Å². The molecule has 2 atom stereocenters. The van der Waals surface area contributed by atoms with Gasteiger partial charge in [-0.25, -0.2) is 4.79 Å². The first-order chi connectivity index (χ1) is 43.6. The Balaban J connectivity index is 4.06. The van der Waals surface area contributed by atoms with Crippen LogP contribution in [0.4, 0.5) is 0 Å². The van der Waals surface area contributed by atoms with Gasteiger partial charge in [0, 0.05) is 12.8 Å². The number of carboxylic acids is 1. The molecule has 0 aromatic rings. The van der Waals surface area contributed by atoms with Crippen molar-refractivity contribution < 1.29 is 42.9 Å². The number of allylic oxidation sites excluding steroid dienone is 14. The summed E-state index contributed by atoms with van der Waals surface area (Å²) in [6, 6.07) is 0. The lowest BCUT2D eigenvalue weighted by Crippen LogP contribution is -2.40. The maximum absolute atomic E-state index is 13.0. The van der Waals surface area contributed by atoms with E-state index in [1.807, 2.05) is 21.1 Å². The number of hydrogen-bond donors (Lipinski definition) is 1. The lowest BCUT2D eigenvalue weighted by molar-refractivity contribution is -0.870. The van der Waals surface area contributed by atoms with Gasteiger partial charge in [-0.3, -0.25) is 9.59 Å². The fraction of sp³-hybridized carbons (Fsp3) is 0.787. The number of aliphatic carboxylic acids is 1. The second kappa shape index (κ2) is 70.3. The van der Waals surface area contributed by atoms with Crippen LogP contribution in [-0.2, 0) is 33.3 Å². The first kappa shape index (κ1) is 85.5. The van der Waals surface area contributed by atoms with Crippen molar-refractivity contribution in [2.75, 3.05) is 47.5 Å². The van der Waals surface area contributed by atoms with Gasteiger partial charge in [0.05, 0.1) is 34.4 Å². The molecule has 516 valence electrons. The predicted octanol–water partition coefficient (Wildman–Crippen LogP) is 23.8. The molecule has 0 amide bonds. The maximum atomic E-state index is 13.0.